The highest BCUT2D eigenvalue weighted by Gasteiger charge is 2.15. The molecule has 0 unspecified atom stereocenters. The van der Waals surface area contributed by atoms with E-state index < -0.39 is 15.0 Å². The quantitative estimate of drug-likeness (QED) is 0.572. The largest absolute Gasteiger partial charge is 0.384 e. The summed E-state index contributed by atoms with van der Waals surface area (Å²) >= 11 is 0. The molecule has 0 aromatic heterocycles. The highest BCUT2D eigenvalue weighted by Crippen LogP contribution is 1.90. The zero-order chi connectivity index (χ0) is 8.20. The fraction of sp³-hybridized carbons (Fsp3) is 0.800. The third-order valence-electron chi connectivity index (χ3n) is 0.994. The molecular formula is C5H10O4S. The third kappa shape index (κ3) is 2.93. The fourth-order valence-corrected chi connectivity index (χ4v) is 1.01. The van der Waals surface area contributed by atoms with Gasteiger partial charge in [-0.05, 0) is 0 Å². The maximum atomic E-state index is 10.7. The average Bonchev–Trinajstić information content (AvgIpc) is 1.84. The van der Waals surface area contributed by atoms with E-state index in [2.05, 4.69) is 4.74 Å². The minimum absolute atomic E-state index is 0.0713. The topological polar surface area (TPSA) is 60.4 Å². The summed E-state index contributed by atoms with van der Waals surface area (Å²) in [5.74, 6) is -0.223. The van der Waals surface area contributed by atoms with Gasteiger partial charge in [0.05, 0.1) is 12.4 Å². The fourth-order valence-electron chi connectivity index (χ4n) is 0.337. The zero-order valence-corrected chi connectivity index (χ0v) is 6.77. The molecule has 10 heavy (non-hydrogen) atoms. The number of sulfone groups is 1. The molecule has 0 spiro atoms. The van der Waals surface area contributed by atoms with Crippen molar-refractivity contribution in [3.8, 4) is 0 Å². The minimum Gasteiger partial charge on any atom is -0.384 e. The Bertz CT molecular complexity index is 204. The zero-order valence-electron chi connectivity index (χ0n) is 5.96. The molecule has 0 amide bonds. The van der Waals surface area contributed by atoms with Crippen LogP contribution in [-0.4, -0.2) is 33.0 Å². The van der Waals surface area contributed by atoms with Crippen molar-refractivity contribution < 1.29 is 17.9 Å². The highest BCUT2D eigenvalue weighted by molar-refractivity contribution is 8.06. The number of methoxy groups -OCH3 is 1. The molecule has 0 heterocycles. The standard InChI is InChI=1S/C5H10O4S/c1-5(6)10(7,8)4-3-9-2/h3-4H2,1-2H3. The summed E-state index contributed by atoms with van der Waals surface area (Å²) in [5, 5.41) is -0.801. The van der Waals surface area contributed by atoms with Gasteiger partial charge in [0, 0.05) is 14.0 Å². The summed E-state index contributed by atoms with van der Waals surface area (Å²) < 4.78 is 25.8. The molecule has 60 valence electrons. The van der Waals surface area contributed by atoms with E-state index in [1.54, 1.807) is 0 Å². The first-order chi connectivity index (χ1) is 4.50. The molecule has 0 aliphatic carbocycles. The number of hydrogen-bond donors (Lipinski definition) is 0. The molecule has 0 N–H and O–H groups in total. The normalized spacial score (nSPS) is 11.4. The van der Waals surface area contributed by atoms with Crippen LogP contribution >= 0.6 is 0 Å². The Kier molecular flexibility index (Phi) is 3.52. The van der Waals surface area contributed by atoms with Gasteiger partial charge < -0.3 is 4.74 Å². The Hall–Kier alpha value is -0.420. The maximum Gasteiger partial charge on any atom is 0.243 e. The lowest BCUT2D eigenvalue weighted by molar-refractivity contribution is -0.109. The SMILES string of the molecule is COCCS(=O)(=O)C(C)=O. The van der Waals surface area contributed by atoms with E-state index >= 15 is 0 Å². The molecule has 0 aliphatic heterocycles. The van der Waals surface area contributed by atoms with Crippen LogP contribution in [-0.2, 0) is 19.4 Å². The first kappa shape index (κ1) is 9.58. The highest BCUT2D eigenvalue weighted by atomic mass is 32.2. The van der Waals surface area contributed by atoms with Crippen LogP contribution in [0.25, 0.3) is 0 Å². The summed E-state index contributed by atoms with van der Waals surface area (Å²) in [5.41, 5.74) is 0. The first-order valence-electron chi connectivity index (χ1n) is 2.73. The van der Waals surface area contributed by atoms with E-state index in [9.17, 15) is 13.2 Å². The summed E-state index contributed by atoms with van der Waals surface area (Å²) in [6.07, 6.45) is 0. The molecule has 0 aliphatic rings. The van der Waals surface area contributed by atoms with Crippen molar-refractivity contribution in [3.05, 3.63) is 0 Å². The lowest BCUT2D eigenvalue weighted by Gasteiger charge is -1.96. The summed E-state index contributed by atoms with van der Waals surface area (Å²) in [6.45, 7) is 1.10. The maximum absolute atomic E-state index is 10.7. The number of rotatable bonds is 3. The Balaban J connectivity index is 4.03. The van der Waals surface area contributed by atoms with Gasteiger partial charge in [-0.3, -0.25) is 4.79 Å². The van der Waals surface area contributed by atoms with E-state index in [0.29, 0.717) is 0 Å². The van der Waals surface area contributed by atoms with Gasteiger partial charge >= 0.3 is 0 Å². The molecule has 5 heteroatoms. The molecule has 0 aromatic carbocycles. The van der Waals surface area contributed by atoms with Crippen LogP contribution in [0.5, 0.6) is 0 Å². The van der Waals surface area contributed by atoms with Gasteiger partial charge in [-0.2, -0.15) is 0 Å². The molecule has 0 rings (SSSR count). The van der Waals surface area contributed by atoms with Gasteiger partial charge in [-0.1, -0.05) is 0 Å². The predicted molar refractivity (Wildman–Crippen MR) is 36.3 cm³/mol. The van der Waals surface area contributed by atoms with Crippen molar-refractivity contribution in [2.24, 2.45) is 0 Å². The molecule has 0 bridgehead atoms. The number of carbonyl (C=O) groups excluding carboxylic acids is 1. The van der Waals surface area contributed by atoms with Crippen molar-refractivity contribution >= 4 is 15.0 Å². The Labute approximate surface area is 60.1 Å². The molecule has 0 fully saturated rings. The van der Waals surface area contributed by atoms with Crippen LogP contribution in [0.1, 0.15) is 6.92 Å². The van der Waals surface area contributed by atoms with Crippen LogP contribution in [0.3, 0.4) is 0 Å². The van der Waals surface area contributed by atoms with Crippen LogP contribution < -0.4 is 0 Å². The van der Waals surface area contributed by atoms with E-state index in [1.165, 1.54) is 7.11 Å². The van der Waals surface area contributed by atoms with E-state index in [0.717, 1.165) is 6.92 Å². The van der Waals surface area contributed by atoms with Crippen molar-refractivity contribution in [1.29, 1.82) is 0 Å². The molecular weight excluding hydrogens is 156 g/mol. The van der Waals surface area contributed by atoms with E-state index in [-0.39, 0.29) is 12.4 Å². The second-order valence-corrected chi connectivity index (χ2v) is 4.02. The predicted octanol–water partition coefficient (Wildman–Crippen LogP) is -0.406. The van der Waals surface area contributed by atoms with Crippen LogP contribution in [0.2, 0.25) is 0 Å². The molecule has 0 radical (unpaired) electrons. The van der Waals surface area contributed by atoms with E-state index in [1.807, 2.05) is 0 Å². The second kappa shape index (κ2) is 3.68. The first-order valence-corrected chi connectivity index (χ1v) is 4.38. The van der Waals surface area contributed by atoms with Crippen molar-refractivity contribution in [1.82, 2.24) is 0 Å². The molecule has 0 aromatic rings. The van der Waals surface area contributed by atoms with Crippen molar-refractivity contribution in [2.75, 3.05) is 19.5 Å². The van der Waals surface area contributed by atoms with Crippen LogP contribution in [0.15, 0.2) is 0 Å². The number of carbonyl (C=O) groups is 1. The lowest BCUT2D eigenvalue weighted by atomic mass is 10.9. The summed E-state index contributed by atoms with van der Waals surface area (Å²) in [4.78, 5) is 10.3. The molecule has 4 nitrogen and oxygen atoms in total. The Morgan fingerprint density at radius 3 is 2.30 bits per heavy atom. The van der Waals surface area contributed by atoms with Crippen molar-refractivity contribution in [3.63, 3.8) is 0 Å². The van der Waals surface area contributed by atoms with Gasteiger partial charge in [-0.15, -0.1) is 0 Å². The van der Waals surface area contributed by atoms with Crippen LogP contribution in [0.4, 0.5) is 0 Å². The van der Waals surface area contributed by atoms with Gasteiger partial charge in [0.1, 0.15) is 0 Å². The average molecular weight is 166 g/mol. The minimum atomic E-state index is -3.52. The summed E-state index contributed by atoms with van der Waals surface area (Å²) in [7, 11) is -2.14. The summed E-state index contributed by atoms with van der Waals surface area (Å²) in [6, 6.07) is 0. The molecule has 0 atom stereocenters. The number of ether oxygens (including phenoxy) is 1. The smallest absolute Gasteiger partial charge is 0.243 e. The second-order valence-electron chi connectivity index (χ2n) is 1.80. The lowest BCUT2D eigenvalue weighted by Crippen LogP contribution is -2.18. The van der Waals surface area contributed by atoms with Gasteiger partial charge in [-0.25, -0.2) is 8.42 Å². The Morgan fingerprint density at radius 1 is 1.50 bits per heavy atom. The van der Waals surface area contributed by atoms with Gasteiger partial charge in [0.2, 0.25) is 15.0 Å². The van der Waals surface area contributed by atoms with Crippen molar-refractivity contribution in [2.45, 2.75) is 6.92 Å². The van der Waals surface area contributed by atoms with Gasteiger partial charge in [0.15, 0.2) is 0 Å². The molecule has 0 saturated carbocycles. The van der Waals surface area contributed by atoms with E-state index in [4.69, 9.17) is 0 Å². The van der Waals surface area contributed by atoms with Gasteiger partial charge in [0.25, 0.3) is 0 Å². The van der Waals surface area contributed by atoms with Crippen LogP contribution in [0, 0.1) is 0 Å². The molecule has 0 saturated heterocycles. The number of hydrogen-bond acceptors (Lipinski definition) is 4. The Morgan fingerprint density at radius 2 is 2.00 bits per heavy atom. The monoisotopic (exact) mass is 166 g/mol. The third-order valence-corrected chi connectivity index (χ3v) is 2.57.